The van der Waals surface area contributed by atoms with Gasteiger partial charge in [-0.2, -0.15) is 0 Å². The van der Waals surface area contributed by atoms with E-state index in [1.165, 1.54) is 11.8 Å². The third-order valence-corrected chi connectivity index (χ3v) is 4.41. The maximum absolute atomic E-state index is 12.2. The van der Waals surface area contributed by atoms with Crippen molar-refractivity contribution in [3.8, 4) is 0 Å². The summed E-state index contributed by atoms with van der Waals surface area (Å²) in [5.74, 6) is 0.625. The Morgan fingerprint density at radius 3 is 2.88 bits per heavy atom. The molecule has 0 aliphatic carbocycles. The fraction of sp³-hybridized carbons (Fsp3) is 0.250. The average Bonchev–Trinajstić information content (AvgIpc) is 3.26. The van der Waals surface area contributed by atoms with Gasteiger partial charge in [0.2, 0.25) is 11.1 Å². The monoisotopic (exact) mass is 343 g/mol. The molecule has 1 atom stereocenters. The van der Waals surface area contributed by atoms with Crippen LogP contribution in [0.3, 0.4) is 0 Å². The third-order valence-electron chi connectivity index (χ3n) is 3.34. The average molecular weight is 343 g/mol. The SMILES string of the molecule is CC(Sc1nnnn1Cc1ccccc1)C(=O)NCc1ccco1. The van der Waals surface area contributed by atoms with Crippen LogP contribution in [0.4, 0.5) is 0 Å². The van der Waals surface area contributed by atoms with Crippen LogP contribution < -0.4 is 5.32 Å². The highest BCUT2D eigenvalue weighted by molar-refractivity contribution is 8.00. The molecule has 2 heterocycles. The summed E-state index contributed by atoms with van der Waals surface area (Å²) >= 11 is 1.33. The van der Waals surface area contributed by atoms with E-state index < -0.39 is 0 Å². The number of nitrogens with zero attached hydrogens (tertiary/aromatic N) is 4. The Balaban J connectivity index is 1.57. The van der Waals surface area contributed by atoms with E-state index in [1.807, 2.05) is 43.3 Å². The van der Waals surface area contributed by atoms with Crippen LogP contribution >= 0.6 is 11.8 Å². The van der Waals surface area contributed by atoms with Crippen molar-refractivity contribution < 1.29 is 9.21 Å². The predicted molar refractivity (Wildman–Crippen MR) is 89.2 cm³/mol. The van der Waals surface area contributed by atoms with Crippen molar-refractivity contribution in [2.24, 2.45) is 0 Å². The molecule has 0 radical (unpaired) electrons. The van der Waals surface area contributed by atoms with Crippen molar-refractivity contribution in [2.75, 3.05) is 0 Å². The van der Waals surface area contributed by atoms with Gasteiger partial charge in [0.25, 0.3) is 0 Å². The van der Waals surface area contributed by atoms with Gasteiger partial charge in [-0.25, -0.2) is 4.68 Å². The molecule has 1 N–H and O–H groups in total. The molecular formula is C16H17N5O2S. The maximum atomic E-state index is 12.2. The molecule has 124 valence electrons. The topological polar surface area (TPSA) is 85.8 Å². The number of aromatic nitrogens is 4. The number of carbonyl (C=O) groups is 1. The molecule has 8 heteroatoms. The zero-order valence-electron chi connectivity index (χ0n) is 13.1. The minimum atomic E-state index is -0.319. The second-order valence-electron chi connectivity index (χ2n) is 5.16. The first-order chi connectivity index (χ1) is 11.7. The lowest BCUT2D eigenvalue weighted by Gasteiger charge is -2.11. The number of benzene rings is 1. The van der Waals surface area contributed by atoms with Crippen LogP contribution in [0.5, 0.6) is 0 Å². The maximum Gasteiger partial charge on any atom is 0.233 e. The second kappa shape index (κ2) is 7.78. The summed E-state index contributed by atoms with van der Waals surface area (Å²) < 4.78 is 6.89. The standard InChI is InChI=1S/C16H17N5O2S/c1-12(15(22)17-10-14-8-5-9-23-14)24-16-18-19-20-21(16)11-13-6-3-2-4-7-13/h2-9,12H,10-11H2,1H3,(H,17,22). The summed E-state index contributed by atoms with van der Waals surface area (Å²) in [4.78, 5) is 12.2. The summed E-state index contributed by atoms with van der Waals surface area (Å²) in [7, 11) is 0. The van der Waals surface area contributed by atoms with Gasteiger partial charge in [0.15, 0.2) is 0 Å². The number of nitrogens with one attached hydrogen (secondary N) is 1. The summed E-state index contributed by atoms with van der Waals surface area (Å²) in [6, 6.07) is 13.5. The Hall–Kier alpha value is -2.61. The molecule has 0 aliphatic rings. The smallest absolute Gasteiger partial charge is 0.233 e. The number of hydrogen-bond donors (Lipinski definition) is 1. The molecule has 3 aromatic rings. The van der Waals surface area contributed by atoms with Crippen LogP contribution in [0.25, 0.3) is 0 Å². The van der Waals surface area contributed by atoms with Crippen LogP contribution in [-0.2, 0) is 17.9 Å². The minimum Gasteiger partial charge on any atom is -0.467 e. The summed E-state index contributed by atoms with van der Waals surface area (Å²) in [5, 5.41) is 14.8. The van der Waals surface area contributed by atoms with Gasteiger partial charge in [-0.1, -0.05) is 42.1 Å². The number of thioether (sulfide) groups is 1. The zero-order chi connectivity index (χ0) is 16.8. The molecule has 1 unspecified atom stereocenters. The Morgan fingerprint density at radius 2 is 2.12 bits per heavy atom. The highest BCUT2D eigenvalue weighted by Gasteiger charge is 2.18. The molecule has 24 heavy (non-hydrogen) atoms. The highest BCUT2D eigenvalue weighted by Crippen LogP contribution is 2.21. The Labute approximate surface area is 143 Å². The van der Waals surface area contributed by atoms with Gasteiger partial charge in [-0.15, -0.1) is 5.10 Å². The van der Waals surface area contributed by atoms with E-state index in [1.54, 1.807) is 17.0 Å². The molecule has 0 fully saturated rings. The number of carbonyl (C=O) groups excluding carboxylic acids is 1. The van der Waals surface area contributed by atoms with E-state index in [0.717, 1.165) is 11.3 Å². The summed E-state index contributed by atoms with van der Waals surface area (Å²) in [5.41, 5.74) is 1.10. The largest absolute Gasteiger partial charge is 0.467 e. The van der Waals surface area contributed by atoms with Gasteiger partial charge in [0, 0.05) is 0 Å². The van der Waals surface area contributed by atoms with Crippen molar-refractivity contribution in [3.05, 3.63) is 60.1 Å². The number of furan rings is 1. The highest BCUT2D eigenvalue weighted by atomic mass is 32.2. The number of tetrazole rings is 1. The molecule has 2 aromatic heterocycles. The molecule has 0 saturated heterocycles. The normalized spacial score (nSPS) is 12.0. The lowest BCUT2D eigenvalue weighted by molar-refractivity contribution is -0.120. The quantitative estimate of drug-likeness (QED) is 0.661. The molecule has 1 amide bonds. The molecule has 1 aromatic carbocycles. The van der Waals surface area contributed by atoms with Gasteiger partial charge in [0.1, 0.15) is 5.76 Å². The lowest BCUT2D eigenvalue weighted by Crippen LogP contribution is -2.30. The van der Waals surface area contributed by atoms with E-state index in [2.05, 4.69) is 20.8 Å². The van der Waals surface area contributed by atoms with Crippen LogP contribution in [0.1, 0.15) is 18.2 Å². The van der Waals surface area contributed by atoms with Gasteiger partial charge >= 0.3 is 0 Å². The fourth-order valence-corrected chi connectivity index (χ4v) is 2.89. The fourth-order valence-electron chi connectivity index (χ4n) is 2.08. The van der Waals surface area contributed by atoms with Crippen LogP contribution in [-0.4, -0.2) is 31.4 Å². The van der Waals surface area contributed by atoms with Crippen LogP contribution in [0.2, 0.25) is 0 Å². The molecule has 0 aliphatic heterocycles. The van der Waals surface area contributed by atoms with Gasteiger partial charge in [0.05, 0.1) is 24.6 Å². The van der Waals surface area contributed by atoms with Crippen molar-refractivity contribution >= 4 is 17.7 Å². The van der Waals surface area contributed by atoms with Crippen molar-refractivity contribution in [2.45, 2.75) is 30.4 Å². The van der Waals surface area contributed by atoms with Gasteiger partial charge in [-0.05, 0) is 35.0 Å². The van der Waals surface area contributed by atoms with E-state index in [9.17, 15) is 4.79 Å². The molecule has 0 saturated carbocycles. The number of amides is 1. The van der Waals surface area contributed by atoms with Crippen molar-refractivity contribution in [1.82, 2.24) is 25.5 Å². The molecule has 3 rings (SSSR count). The van der Waals surface area contributed by atoms with E-state index >= 15 is 0 Å². The molecular weight excluding hydrogens is 326 g/mol. The Bertz CT molecular complexity index is 773. The van der Waals surface area contributed by atoms with E-state index in [0.29, 0.717) is 18.2 Å². The number of hydrogen-bond acceptors (Lipinski definition) is 6. The van der Waals surface area contributed by atoms with Crippen LogP contribution in [0, 0.1) is 0 Å². The molecule has 0 spiro atoms. The van der Waals surface area contributed by atoms with Crippen molar-refractivity contribution in [3.63, 3.8) is 0 Å². The second-order valence-corrected chi connectivity index (χ2v) is 6.47. The first-order valence-corrected chi connectivity index (χ1v) is 8.37. The first-order valence-electron chi connectivity index (χ1n) is 7.49. The predicted octanol–water partition coefficient (Wildman–Crippen LogP) is 2.11. The minimum absolute atomic E-state index is 0.0920. The van der Waals surface area contributed by atoms with Gasteiger partial charge in [-0.3, -0.25) is 4.79 Å². The molecule has 0 bridgehead atoms. The lowest BCUT2D eigenvalue weighted by atomic mass is 10.2. The summed E-state index contributed by atoms with van der Waals surface area (Å²) in [6.45, 7) is 2.76. The van der Waals surface area contributed by atoms with Crippen LogP contribution in [0.15, 0.2) is 58.3 Å². The number of rotatable bonds is 7. The van der Waals surface area contributed by atoms with E-state index in [-0.39, 0.29) is 11.2 Å². The summed E-state index contributed by atoms with van der Waals surface area (Å²) in [6.07, 6.45) is 1.58. The Morgan fingerprint density at radius 1 is 1.29 bits per heavy atom. The zero-order valence-corrected chi connectivity index (χ0v) is 13.9. The first kappa shape index (κ1) is 16.3. The van der Waals surface area contributed by atoms with Crippen molar-refractivity contribution in [1.29, 1.82) is 0 Å². The Kier molecular flexibility index (Phi) is 5.27. The third kappa shape index (κ3) is 4.23. The molecule has 7 nitrogen and oxygen atoms in total. The van der Waals surface area contributed by atoms with Gasteiger partial charge < -0.3 is 9.73 Å². The van der Waals surface area contributed by atoms with E-state index in [4.69, 9.17) is 4.42 Å².